The summed E-state index contributed by atoms with van der Waals surface area (Å²) in [5.41, 5.74) is 0.401. The lowest BCUT2D eigenvalue weighted by atomic mass is 10.2. The number of hydrogen-bond donors (Lipinski definition) is 3. The van der Waals surface area contributed by atoms with E-state index in [0.29, 0.717) is 27.2 Å². The van der Waals surface area contributed by atoms with Crippen molar-refractivity contribution in [3.05, 3.63) is 41.4 Å². The highest BCUT2D eigenvalue weighted by molar-refractivity contribution is 7.89. The van der Waals surface area contributed by atoms with Crippen molar-refractivity contribution in [2.45, 2.75) is 4.90 Å². The quantitative estimate of drug-likeness (QED) is 0.592. The molecule has 0 aliphatic carbocycles. The molecular weight excluding hydrogens is 414 g/mol. The number of halogens is 1. The molecular formula is C16H12ClN3O5S2. The van der Waals surface area contributed by atoms with E-state index in [1.54, 1.807) is 6.07 Å². The highest BCUT2D eigenvalue weighted by atomic mass is 35.5. The standard InChI is InChI=1S/C16H12ClN3O5S2/c17-14-10-5-11-12(25-7-24-11)6-13(10)26-15(14)20-16(21)19-8-1-3-9(4-2-8)27(18,22)23/h1-6H,7H2,(H2,18,22,23)(H2,19,20,21). The SMILES string of the molecule is NS(=O)(=O)c1ccc(NC(=O)Nc2sc3cc4c(cc3c2Cl)OCO4)cc1. The Kier molecular flexibility index (Phi) is 4.35. The molecule has 0 unspecified atom stereocenters. The summed E-state index contributed by atoms with van der Waals surface area (Å²) in [4.78, 5) is 12.2. The average molecular weight is 426 g/mol. The van der Waals surface area contributed by atoms with Crippen LogP contribution in [0.1, 0.15) is 0 Å². The highest BCUT2D eigenvalue weighted by Gasteiger charge is 2.20. The van der Waals surface area contributed by atoms with Gasteiger partial charge in [0.25, 0.3) is 0 Å². The Morgan fingerprint density at radius 1 is 1.11 bits per heavy atom. The van der Waals surface area contributed by atoms with Crippen molar-refractivity contribution < 1.29 is 22.7 Å². The number of rotatable bonds is 3. The molecule has 0 bridgehead atoms. The van der Waals surface area contributed by atoms with Gasteiger partial charge in [0, 0.05) is 21.8 Å². The third-order valence-electron chi connectivity index (χ3n) is 3.79. The summed E-state index contributed by atoms with van der Waals surface area (Å²) in [5.74, 6) is 1.24. The Bertz CT molecular complexity index is 1160. The van der Waals surface area contributed by atoms with Gasteiger partial charge in [0.15, 0.2) is 11.5 Å². The molecule has 8 nitrogen and oxygen atoms in total. The van der Waals surface area contributed by atoms with Gasteiger partial charge in [-0.2, -0.15) is 0 Å². The maximum absolute atomic E-state index is 12.2. The predicted octanol–water partition coefficient (Wildman–Crippen LogP) is 3.57. The molecule has 11 heteroatoms. The van der Waals surface area contributed by atoms with E-state index in [1.165, 1.54) is 35.6 Å². The minimum absolute atomic E-state index is 0.0431. The van der Waals surface area contributed by atoms with Gasteiger partial charge in [-0.05, 0) is 30.3 Å². The summed E-state index contributed by atoms with van der Waals surface area (Å²) in [6.07, 6.45) is 0. The number of benzene rings is 2. The Morgan fingerprint density at radius 2 is 1.78 bits per heavy atom. The van der Waals surface area contributed by atoms with Gasteiger partial charge in [-0.15, -0.1) is 11.3 Å². The Morgan fingerprint density at radius 3 is 2.44 bits per heavy atom. The van der Waals surface area contributed by atoms with E-state index in [9.17, 15) is 13.2 Å². The van der Waals surface area contributed by atoms with Crippen LogP contribution in [0.5, 0.6) is 11.5 Å². The van der Waals surface area contributed by atoms with Gasteiger partial charge in [-0.1, -0.05) is 11.6 Å². The van der Waals surface area contributed by atoms with Gasteiger partial charge in [0.05, 0.1) is 9.92 Å². The van der Waals surface area contributed by atoms with Crippen LogP contribution in [0.15, 0.2) is 41.3 Å². The number of carbonyl (C=O) groups is 1. The minimum atomic E-state index is -3.79. The first-order valence-corrected chi connectivity index (χ1v) is 10.3. The number of amides is 2. The van der Waals surface area contributed by atoms with E-state index >= 15 is 0 Å². The number of nitrogens with two attached hydrogens (primary N) is 1. The van der Waals surface area contributed by atoms with Crippen molar-refractivity contribution >= 4 is 59.8 Å². The summed E-state index contributed by atoms with van der Waals surface area (Å²) in [5, 5.41) is 11.9. The lowest BCUT2D eigenvalue weighted by Gasteiger charge is -2.07. The number of primary sulfonamides is 1. The van der Waals surface area contributed by atoms with Gasteiger partial charge in [-0.25, -0.2) is 18.4 Å². The molecule has 0 saturated carbocycles. The van der Waals surface area contributed by atoms with Gasteiger partial charge in [0.1, 0.15) is 5.00 Å². The second kappa shape index (κ2) is 6.57. The fraction of sp³-hybridized carbons (Fsp3) is 0.0625. The van der Waals surface area contributed by atoms with Crippen LogP contribution < -0.4 is 25.2 Å². The van der Waals surface area contributed by atoms with E-state index in [1.807, 2.05) is 6.07 Å². The van der Waals surface area contributed by atoms with Crippen LogP contribution in [0.25, 0.3) is 10.1 Å². The van der Waals surface area contributed by atoms with E-state index in [2.05, 4.69) is 10.6 Å². The Hall–Kier alpha value is -2.53. The Labute approximate surface area is 162 Å². The molecule has 2 aromatic carbocycles. The number of thiophene rings is 1. The summed E-state index contributed by atoms with van der Waals surface area (Å²) in [6, 6.07) is 8.54. The van der Waals surface area contributed by atoms with Crippen molar-refractivity contribution in [1.29, 1.82) is 0 Å². The molecule has 4 N–H and O–H groups in total. The zero-order valence-corrected chi connectivity index (χ0v) is 15.9. The molecule has 0 saturated heterocycles. The van der Waals surface area contributed by atoms with E-state index < -0.39 is 16.1 Å². The predicted molar refractivity (Wildman–Crippen MR) is 103 cm³/mol. The number of nitrogens with one attached hydrogen (secondary N) is 2. The Balaban J connectivity index is 1.52. The molecule has 1 aliphatic rings. The van der Waals surface area contributed by atoms with Gasteiger partial charge < -0.3 is 14.8 Å². The zero-order chi connectivity index (χ0) is 19.2. The molecule has 4 rings (SSSR count). The monoisotopic (exact) mass is 425 g/mol. The number of carbonyl (C=O) groups excluding carboxylic acids is 1. The van der Waals surface area contributed by atoms with Gasteiger partial charge >= 0.3 is 6.03 Å². The maximum Gasteiger partial charge on any atom is 0.324 e. The number of anilines is 2. The third kappa shape index (κ3) is 3.52. The maximum atomic E-state index is 12.2. The first kappa shape index (κ1) is 17.9. The third-order valence-corrected chi connectivity index (χ3v) is 6.29. The normalized spacial score (nSPS) is 13.0. The molecule has 3 aromatic rings. The first-order chi connectivity index (χ1) is 12.8. The average Bonchev–Trinajstić information content (AvgIpc) is 3.17. The highest BCUT2D eigenvalue weighted by Crippen LogP contribution is 2.45. The molecule has 1 aliphatic heterocycles. The number of sulfonamides is 1. The fourth-order valence-electron chi connectivity index (χ4n) is 2.53. The summed E-state index contributed by atoms with van der Waals surface area (Å²) >= 11 is 7.67. The topological polar surface area (TPSA) is 120 Å². The molecule has 140 valence electrons. The number of ether oxygens (including phenoxy) is 2. The van der Waals surface area contributed by atoms with Gasteiger partial charge in [-0.3, -0.25) is 5.32 Å². The molecule has 2 amide bonds. The van der Waals surface area contributed by atoms with Crippen LogP contribution in [0, 0.1) is 0 Å². The van der Waals surface area contributed by atoms with E-state index in [0.717, 1.165) is 10.1 Å². The molecule has 0 fully saturated rings. The molecule has 27 heavy (non-hydrogen) atoms. The smallest absolute Gasteiger partial charge is 0.324 e. The van der Waals surface area contributed by atoms with Crippen molar-refractivity contribution in [3.8, 4) is 11.5 Å². The molecule has 0 atom stereocenters. The lowest BCUT2D eigenvalue weighted by Crippen LogP contribution is -2.19. The lowest BCUT2D eigenvalue weighted by molar-refractivity contribution is 0.174. The van der Waals surface area contributed by atoms with Crippen molar-refractivity contribution in [2.75, 3.05) is 17.4 Å². The van der Waals surface area contributed by atoms with Crippen LogP contribution >= 0.6 is 22.9 Å². The summed E-state index contributed by atoms with van der Waals surface area (Å²) in [7, 11) is -3.79. The molecule has 1 aromatic heterocycles. The van der Waals surface area contributed by atoms with Crippen LogP contribution in [0.3, 0.4) is 0 Å². The van der Waals surface area contributed by atoms with Crippen molar-refractivity contribution in [3.63, 3.8) is 0 Å². The fourth-order valence-corrected chi connectivity index (χ4v) is 4.42. The first-order valence-electron chi connectivity index (χ1n) is 7.54. The van der Waals surface area contributed by atoms with Gasteiger partial charge in [0.2, 0.25) is 16.8 Å². The second-order valence-corrected chi connectivity index (χ2v) is 8.59. The van der Waals surface area contributed by atoms with Crippen molar-refractivity contribution in [2.24, 2.45) is 5.14 Å². The van der Waals surface area contributed by atoms with Crippen LogP contribution in [0.4, 0.5) is 15.5 Å². The summed E-state index contributed by atoms with van der Waals surface area (Å²) < 4.78 is 34.0. The molecule has 2 heterocycles. The summed E-state index contributed by atoms with van der Waals surface area (Å²) in [6.45, 7) is 0.169. The molecule has 0 spiro atoms. The van der Waals surface area contributed by atoms with Crippen molar-refractivity contribution in [1.82, 2.24) is 0 Å². The zero-order valence-electron chi connectivity index (χ0n) is 13.5. The van der Waals surface area contributed by atoms with E-state index in [4.69, 9.17) is 26.2 Å². The van der Waals surface area contributed by atoms with Crippen LogP contribution in [-0.2, 0) is 10.0 Å². The molecule has 0 radical (unpaired) electrons. The van der Waals surface area contributed by atoms with E-state index in [-0.39, 0.29) is 11.7 Å². The number of hydrogen-bond acceptors (Lipinski definition) is 6. The minimum Gasteiger partial charge on any atom is -0.454 e. The number of urea groups is 1. The van der Waals surface area contributed by atoms with Crippen LogP contribution in [-0.4, -0.2) is 21.2 Å². The van der Waals surface area contributed by atoms with Crippen LogP contribution in [0.2, 0.25) is 5.02 Å². The largest absolute Gasteiger partial charge is 0.454 e. The number of fused-ring (bicyclic) bond motifs is 2. The second-order valence-electron chi connectivity index (χ2n) is 5.60.